The van der Waals surface area contributed by atoms with Gasteiger partial charge in [0.05, 0.1) is 14.8 Å². The Labute approximate surface area is 136 Å². The van der Waals surface area contributed by atoms with E-state index in [0.29, 0.717) is 29.0 Å². The number of nitro benzene ring substituents is 1. The van der Waals surface area contributed by atoms with Gasteiger partial charge in [0.15, 0.2) is 0 Å². The van der Waals surface area contributed by atoms with E-state index in [1.165, 1.54) is 0 Å². The average molecular weight is 368 g/mol. The van der Waals surface area contributed by atoms with Gasteiger partial charge < -0.3 is 10.6 Å². The highest BCUT2D eigenvalue weighted by Crippen LogP contribution is 2.41. The second-order valence-electron chi connectivity index (χ2n) is 6.09. The molecule has 3 rings (SSSR count). The molecule has 0 amide bonds. The molecule has 2 aliphatic rings. The first-order valence-electron chi connectivity index (χ1n) is 7.45. The molecule has 1 aromatic carbocycles. The highest BCUT2D eigenvalue weighted by atomic mass is 79.9. The summed E-state index contributed by atoms with van der Waals surface area (Å²) in [6.07, 6.45) is 2.76. The fourth-order valence-electron chi connectivity index (χ4n) is 3.08. The van der Waals surface area contributed by atoms with Gasteiger partial charge in [-0.3, -0.25) is 14.9 Å². The molecule has 1 heterocycles. The predicted octanol–water partition coefficient (Wildman–Crippen LogP) is 2.73. The van der Waals surface area contributed by atoms with E-state index in [1.54, 1.807) is 18.2 Å². The van der Waals surface area contributed by atoms with Crippen LogP contribution in [0.3, 0.4) is 0 Å². The number of hydrogen-bond acceptors (Lipinski definition) is 5. The quantitative estimate of drug-likeness (QED) is 0.596. The first kappa shape index (κ1) is 15.4. The largest absolute Gasteiger partial charge is 0.378 e. The molecule has 0 spiro atoms. The minimum atomic E-state index is -0.433. The maximum absolute atomic E-state index is 12.6. The molecule has 0 radical (unpaired) electrons. The lowest BCUT2D eigenvalue weighted by Crippen LogP contribution is -2.41. The van der Waals surface area contributed by atoms with Gasteiger partial charge in [0.25, 0.3) is 0 Å². The van der Waals surface area contributed by atoms with Crippen molar-refractivity contribution in [3.63, 3.8) is 0 Å². The highest BCUT2D eigenvalue weighted by molar-refractivity contribution is 9.10. The van der Waals surface area contributed by atoms with Gasteiger partial charge in [0, 0.05) is 19.0 Å². The SMILES string of the molecule is O=C(C1CC1)[C@@]1(CNc2cccc(Br)c2[N+](=O)[O-])CCNC1. The number of nitro groups is 1. The Morgan fingerprint density at radius 1 is 1.50 bits per heavy atom. The van der Waals surface area contributed by atoms with Crippen molar-refractivity contribution in [2.75, 3.05) is 25.0 Å². The molecule has 1 aliphatic carbocycles. The first-order chi connectivity index (χ1) is 10.5. The van der Waals surface area contributed by atoms with Crippen LogP contribution in [0.1, 0.15) is 19.3 Å². The Hall–Kier alpha value is -1.47. The number of Topliss-reactive ketones (excluding diaryl/α,β-unsaturated/α-hetero) is 1. The zero-order chi connectivity index (χ0) is 15.7. The van der Waals surface area contributed by atoms with Crippen molar-refractivity contribution < 1.29 is 9.72 Å². The van der Waals surface area contributed by atoms with Crippen LogP contribution in [-0.4, -0.2) is 30.3 Å². The number of nitrogens with one attached hydrogen (secondary N) is 2. The predicted molar refractivity (Wildman–Crippen MR) is 86.9 cm³/mol. The zero-order valence-corrected chi connectivity index (χ0v) is 13.7. The summed E-state index contributed by atoms with van der Waals surface area (Å²) in [7, 11) is 0. The van der Waals surface area contributed by atoms with Crippen molar-refractivity contribution in [1.82, 2.24) is 5.32 Å². The number of benzene rings is 1. The number of rotatable bonds is 6. The van der Waals surface area contributed by atoms with Crippen LogP contribution < -0.4 is 10.6 Å². The van der Waals surface area contributed by atoms with E-state index in [0.717, 1.165) is 25.8 Å². The minimum absolute atomic E-state index is 0.0162. The minimum Gasteiger partial charge on any atom is -0.378 e. The van der Waals surface area contributed by atoms with Gasteiger partial charge in [-0.25, -0.2) is 0 Å². The maximum Gasteiger partial charge on any atom is 0.306 e. The van der Waals surface area contributed by atoms with Crippen molar-refractivity contribution in [1.29, 1.82) is 0 Å². The molecule has 118 valence electrons. The molecule has 2 N–H and O–H groups in total. The summed E-state index contributed by atoms with van der Waals surface area (Å²) in [5.74, 6) is 0.502. The van der Waals surface area contributed by atoms with Crippen molar-refractivity contribution in [3.8, 4) is 0 Å². The number of carbonyl (C=O) groups is 1. The van der Waals surface area contributed by atoms with E-state index in [-0.39, 0.29) is 11.6 Å². The number of para-hydroxylation sites is 1. The lowest BCUT2D eigenvalue weighted by molar-refractivity contribution is -0.384. The number of carbonyl (C=O) groups excluding carboxylic acids is 1. The van der Waals surface area contributed by atoms with Gasteiger partial charge in [-0.2, -0.15) is 0 Å². The summed E-state index contributed by atoms with van der Waals surface area (Å²) in [4.78, 5) is 23.4. The van der Waals surface area contributed by atoms with E-state index in [9.17, 15) is 14.9 Å². The van der Waals surface area contributed by atoms with Gasteiger partial charge in [-0.15, -0.1) is 0 Å². The molecular weight excluding hydrogens is 350 g/mol. The Morgan fingerprint density at radius 3 is 2.86 bits per heavy atom. The molecule has 1 saturated heterocycles. The lowest BCUT2D eigenvalue weighted by Gasteiger charge is -2.27. The van der Waals surface area contributed by atoms with E-state index < -0.39 is 10.3 Å². The molecular formula is C15H18BrN3O3. The first-order valence-corrected chi connectivity index (χ1v) is 8.25. The van der Waals surface area contributed by atoms with Crippen LogP contribution in [0.5, 0.6) is 0 Å². The molecule has 1 atom stereocenters. The molecule has 7 heteroatoms. The Morgan fingerprint density at radius 2 is 2.27 bits per heavy atom. The van der Waals surface area contributed by atoms with Gasteiger partial charge in [-0.1, -0.05) is 6.07 Å². The number of halogens is 1. The van der Waals surface area contributed by atoms with Crippen molar-refractivity contribution >= 4 is 33.1 Å². The van der Waals surface area contributed by atoms with Crippen LogP contribution in [0.4, 0.5) is 11.4 Å². The van der Waals surface area contributed by atoms with Crippen LogP contribution in [0.2, 0.25) is 0 Å². The monoisotopic (exact) mass is 367 g/mol. The second-order valence-corrected chi connectivity index (χ2v) is 6.95. The van der Waals surface area contributed by atoms with Crippen LogP contribution >= 0.6 is 15.9 Å². The van der Waals surface area contributed by atoms with Gasteiger partial charge in [0.2, 0.25) is 0 Å². The lowest BCUT2D eigenvalue weighted by atomic mass is 9.80. The molecule has 6 nitrogen and oxygen atoms in total. The van der Waals surface area contributed by atoms with Crippen LogP contribution in [0.25, 0.3) is 0 Å². The summed E-state index contributed by atoms with van der Waals surface area (Å²) in [6, 6.07) is 5.08. The van der Waals surface area contributed by atoms with E-state index in [1.807, 2.05) is 0 Å². The second kappa shape index (κ2) is 5.96. The van der Waals surface area contributed by atoms with Crippen LogP contribution in [-0.2, 0) is 4.79 Å². The maximum atomic E-state index is 12.6. The van der Waals surface area contributed by atoms with Crippen molar-refractivity contribution in [2.24, 2.45) is 11.3 Å². The molecule has 1 aromatic rings. The summed E-state index contributed by atoms with van der Waals surface area (Å²) in [5, 5.41) is 17.6. The van der Waals surface area contributed by atoms with Gasteiger partial charge in [-0.05, 0) is 53.9 Å². The molecule has 0 bridgehead atoms. The summed E-state index contributed by atoms with van der Waals surface area (Å²) < 4.78 is 0.439. The number of anilines is 1. The third-order valence-corrected chi connectivity index (χ3v) is 5.14. The van der Waals surface area contributed by atoms with Crippen molar-refractivity contribution in [3.05, 3.63) is 32.8 Å². The molecule has 2 fully saturated rings. The standard InChI is InChI=1S/C15H18BrN3O3/c16-11-2-1-3-12(13(11)19(21)22)18-9-15(6-7-17-8-15)14(20)10-4-5-10/h1-3,10,17-18H,4-9H2/t15-/m0/s1. The Balaban J connectivity index is 1.80. The van der Waals surface area contributed by atoms with Crippen molar-refractivity contribution in [2.45, 2.75) is 19.3 Å². The molecule has 1 saturated carbocycles. The fraction of sp³-hybridized carbons (Fsp3) is 0.533. The van der Waals surface area contributed by atoms with Crippen LogP contribution in [0.15, 0.2) is 22.7 Å². The third-order valence-electron chi connectivity index (χ3n) is 4.50. The Kier molecular flexibility index (Phi) is 4.18. The topological polar surface area (TPSA) is 84.3 Å². The van der Waals surface area contributed by atoms with E-state index in [2.05, 4.69) is 26.6 Å². The number of hydrogen-bond donors (Lipinski definition) is 2. The average Bonchev–Trinajstić information content (AvgIpc) is 3.22. The van der Waals surface area contributed by atoms with Gasteiger partial charge >= 0.3 is 5.69 Å². The highest BCUT2D eigenvalue weighted by Gasteiger charge is 2.47. The molecule has 0 unspecified atom stereocenters. The number of ketones is 1. The molecule has 22 heavy (non-hydrogen) atoms. The van der Waals surface area contributed by atoms with E-state index in [4.69, 9.17) is 0 Å². The fourth-order valence-corrected chi connectivity index (χ4v) is 3.59. The zero-order valence-electron chi connectivity index (χ0n) is 12.1. The molecule has 0 aromatic heterocycles. The third kappa shape index (κ3) is 2.87. The van der Waals surface area contributed by atoms with Gasteiger partial charge in [0.1, 0.15) is 11.5 Å². The summed E-state index contributed by atoms with van der Waals surface area (Å²) in [5.41, 5.74) is 0.0360. The van der Waals surface area contributed by atoms with Crippen LogP contribution in [0, 0.1) is 21.4 Å². The Bertz CT molecular complexity index is 610. The summed E-state index contributed by atoms with van der Waals surface area (Å²) >= 11 is 3.22. The van der Waals surface area contributed by atoms with E-state index >= 15 is 0 Å². The smallest absolute Gasteiger partial charge is 0.306 e. The summed E-state index contributed by atoms with van der Waals surface area (Å²) in [6.45, 7) is 1.91. The number of nitrogens with zero attached hydrogens (tertiary/aromatic N) is 1. The normalized spacial score (nSPS) is 24.2. The molecule has 1 aliphatic heterocycles.